The van der Waals surface area contributed by atoms with Gasteiger partial charge in [-0.15, -0.1) is 0 Å². The number of hydrogen-bond acceptors (Lipinski definition) is 2. The number of unbranched alkanes of at least 4 members (excludes halogenated alkanes) is 1. The van der Waals surface area contributed by atoms with Gasteiger partial charge in [0.2, 0.25) is 0 Å². The second-order valence-corrected chi connectivity index (χ2v) is 8.19. The van der Waals surface area contributed by atoms with Gasteiger partial charge in [-0.3, -0.25) is 0 Å². The molecule has 1 aromatic carbocycles. The molecule has 0 radical (unpaired) electrons. The number of carboxylic acid groups (broad SMARTS) is 1. The lowest BCUT2D eigenvalue weighted by Gasteiger charge is -2.37. The van der Waals surface area contributed by atoms with Crippen molar-refractivity contribution in [2.45, 2.75) is 70.8 Å². The molecule has 2 rings (SSSR count). The predicted molar refractivity (Wildman–Crippen MR) is 105 cm³/mol. The summed E-state index contributed by atoms with van der Waals surface area (Å²) in [7, 11) is 4.33. The van der Waals surface area contributed by atoms with E-state index in [1.165, 1.54) is 32.1 Å². The molecule has 1 fully saturated rings. The summed E-state index contributed by atoms with van der Waals surface area (Å²) in [4.78, 5) is 13.9. The summed E-state index contributed by atoms with van der Waals surface area (Å²) in [5.74, 6) is 0.160. The quantitative estimate of drug-likeness (QED) is 0.669. The average molecular weight is 366 g/mol. The van der Waals surface area contributed by atoms with Gasteiger partial charge in [0.1, 0.15) is 0 Å². The Balaban J connectivity index is 2.31. The molecule has 1 aliphatic carbocycles. The molecule has 1 N–H and O–H groups in total. The monoisotopic (exact) mass is 365 g/mol. The van der Waals surface area contributed by atoms with E-state index in [1.54, 1.807) is 6.07 Å². The van der Waals surface area contributed by atoms with Crippen molar-refractivity contribution >= 4 is 17.6 Å². The fraction of sp³-hybridized carbons (Fsp3) is 0.667. The van der Waals surface area contributed by atoms with Crippen LogP contribution in [0.1, 0.15) is 79.3 Å². The van der Waals surface area contributed by atoms with Crippen LogP contribution in [0.4, 0.5) is 0 Å². The molecule has 0 heterocycles. The number of halogens is 1. The Kier molecular flexibility index (Phi) is 7.33. The standard InChI is InChI=1S/C21H32ClNO2/c1-5-6-7-18(15-8-10-17(11-9-15)23(3)4)19-12-16(22)13-20(14(19)2)21(24)25/h12-13,15,17-18H,5-11H2,1-4H3,(H,24,25). The van der Waals surface area contributed by atoms with E-state index >= 15 is 0 Å². The highest BCUT2D eigenvalue weighted by atomic mass is 35.5. The zero-order chi connectivity index (χ0) is 18.6. The van der Waals surface area contributed by atoms with Gasteiger partial charge < -0.3 is 10.0 Å². The van der Waals surface area contributed by atoms with Crippen molar-refractivity contribution in [1.82, 2.24) is 4.90 Å². The molecule has 1 atom stereocenters. The van der Waals surface area contributed by atoms with E-state index in [0.29, 0.717) is 28.5 Å². The maximum absolute atomic E-state index is 11.6. The summed E-state index contributed by atoms with van der Waals surface area (Å²) in [5.41, 5.74) is 2.41. The number of carboxylic acids is 1. The van der Waals surface area contributed by atoms with Gasteiger partial charge in [0, 0.05) is 11.1 Å². The van der Waals surface area contributed by atoms with Crippen LogP contribution in [-0.2, 0) is 0 Å². The van der Waals surface area contributed by atoms with Crippen LogP contribution < -0.4 is 0 Å². The summed E-state index contributed by atoms with van der Waals surface area (Å²) in [6.07, 6.45) is 8.34. The fourth-order valence-electron chi connectivity index (χ4n) is 4.40. The Bertz CT molecular complexity index is 592. The van der Waals surface area contributed by atoms with Crippen LogP contribution in [0.25, 0.3) is 0 Å². The highest BCUT2D eigenvalue weighted by Gasteiger charge is 2.30. The van der Waals surface area contributed by atoms with E-state index in [2.05, 4.69) is 25.9 Å². The molecule has 0 saturated heterocycles. The van der Waals surface area contributed by atoms with Crippen LogP contribution in [0.3, 0.4) is 0 Å². The average Bonchev–Trinajstić information content (AvgIpc) is 2.58. The van der Waals surface area contributed by atoms with Gasteiger partial charge in [0.25, 0.3) is 0 Å². The molecule has 1 aromatic rings. The van der Waals surface area contributed by atoms with Crippen LogP contribution in [0.2, 0.25) is 5.02 Å². The minimum atomic E-state index is -0.883. The van der Waals surface area contributed by atoms with E-state index in [0.717, 1.165) is 24.0 Å². The summed E-state index contributed by atoms with van der Waals surface area (Å²) >= 11 is 6.28. The first-order chi connectivity index (χ1) is 11.8. The Morgan fingerprint density at radius 3 is 2.44 bits per heavy atom. The van der Waals surface area contributed by atoms with Crippen molar-refractivity contribution in [3.63, 3.8) is 0 Å². The lowest BCUT2D eigenvalue weighted by Crippen LogP contribution is -2.33. The van der Waals surface area contributed by atoms with E-state index in [-0.39, 0.29) is 0 Å². The van der Waals surface area contributed by atoms with E-state index in [9.17, 15) is 9.90 Å². The van der Waals surface area contributed by atoms with E-state index in [4.69, 9.17) is 11.6 Å². The topological polar surface area (TPSA) is 40.5 Å². The summed E-state index contributed by atoms with van der Waals surface area (Å²) in [6, 6.07) is 4.28. The van der Waals surface area contributed by atoms with Gasteiger partial charge in [-0.2, -0.15) is 0 Å². The van der Waals surface area contributed by atoms with Gasteiger partial charge in [0.05, 0.1) is 5.56 Å². The number of rotatable bonds is 7. The van der Waals surface area contributed by atoms with Crippen LogP contribution in [0.5, 0.6) is 0 Å². The highest BCUT2D eigenvalue weighted by Crippen LogP contribution is 2.42. The molecule has 0 amide bonds. The molecule has 1 saturated carbocycles. The smallest absolute Gasteiger partial charge is 0.336 e. The molecule has 1 unspecified atom stereocenters. The Labute approximate surface area is 157 Å². The third kappa shape index (κ3) is 4.98. The Morgan fingerprint density at radius 1 is 1.28 bits per heavy atom. The molecule has 4 heteroatoms. The zero-order valence-corrected chi connectivity index (χ0v) is 16.8. The summed E-state index contributed by atoms with van der Waals surface area (Å²) in [6.45, 7) is 4.16. The molecule has 140 valence electrons. The first-order valence-electron chi connectivity index (χ1n) is 9.54. The minimum absolute atomic E-state index is 0.353. The maximum Gasteiger partial charge on any atom is 0.336 e. The van der Waals surface area contributed by atoms with Crippen LogP contribution in [0.15, 0.2) is 12.1 Å². The van der Waals surface area contributed by atoms with Gasteiger partial charge in [-0.1, -0.05) is 31.4 Å². The lowest BCUT2D eigenvalue weighted by atomic mass is 9.72. The molecule has 0 aromatic heterocycles. The summed E-state index contributed by atoms with van der Waals surface area (Å²) < 4.78 is 0. The Hall–Kier alpha value is -1.06. The van der Waals surface area contributed by atoms with Crippen molar-refractivity contribution in [3.8, 4) is 0 Å². The molecule has 0 bridgehead atoms. The zero-order valence-electron chi connectivity index (χ0n) is 16.0. The predicted octanol–water partition coefficient (Wildman–Crippen LogP) is 5.74. The van der Waals surface area contributed by atoms with Crippen molar-refractivity contribution in [3.05, 3.63) is 33.8 Å². The SMILES string of the molecule is CCCCC(c1cc(Cl)cc(C(=O)O)c1C)C1CCC(N(C)C)CC1. The van der Waals surface area contributed by atoms with E-state index < -0.39 is 5.97 Å². The van der Waals surface area contributed by atoms with Crippen molar-refractivity contribution in [1.29, 1.82) is 0 Å². The molecule has 25 heavy (non-hydrogen) atoms. The fourth-order valence-corrected chi connectivity index (χ4v) is 4.62. The number of benzene rings is 1. The molecular formula is C21H32ClNO2. The van der Waals surface area contributed by atoms with Crippen molar-refractivity contribution < 1.29 is 9.90 Å². The second kappa shape index (κ2) is 9.05. The largest absolute Gasteiger partial charge is 0.478 e. The van der Waals surface area contributed by atoms with E-state index in [1.807, 2.05) is 13.0 Å². The molecular weight excluding hydrogens is 334 g/mol. The molecule has 0 spiro atoms. The Morgan fingerprint density at radius 2 is 1.92 bits per heavy atom. The van der Waals surface area contributed by atoms with Crippen LogP contribution >= 0.6 is 11.6 Å². The van der Waals surface area contributed by atoms with Crippen LogP contribution in [0, 0.1) is 12.8 Å². The van der Waals surface area contributed by atoms with Crippen molar-refractivity contribution in [2.75, 3.05) is 14.1 Å². The molecule has 3 nitrogen and oxygen atoms in total. The number of nitrogens with zero attached hydrogens (tertiary/aromatic N) is 1. The third-order valence-electron chi connectivity index (χ3n) is 5.95. The van der Waals surface area contributed by atoms with Gasteiger partial charge >= 0.3 is 5.97 Å². The number of carbonyl (C=O) groups is 1. The van der Waals surface area contributed by atoms with Gasteiger partial charge in [-0.25, -0.2) is 4.79 Å². The third-order valence-corrected chi connectivity index (χ3v) is 6.17. The van der Waals surface area contributed by atoms with Gasteiger partial charge in [-0.05, 0) is 88.2 Å². The highest BCUT2D eigenvalue weighted by molar-refractivity contribution is 6.31. The number of hydrogen-bond donors (Lipinski definition) is 1. The van der Waals surface area contributed by atoms with Crippen molar-refractivity contribution in [2.24, 2.45) is 5.92 Å². The molecule has 0 aliphatic heterocycles. The van der Waals surface area contributed by atoms with Gasteiger partial charge in [0.15, 0.2) is 0 Å². The number of aromatic carboxylic acids is 1. The normalized spacial score (nSPS) is 22.2. The van der Waals surface area contributed by atoms with Crippen LogP contribution in [-0.4, -0.2) is 36.1 Å². The molecule has 1 aliphatic rings. The second-order valence-electron chi connectivity index (χ2n) is 7.75. The summed E-state index contributed by atoms with van der Waals surface area (Å²) in [5, 5.41) is 10.1. The maximum atomic E-state index is 11.6. The lowest BCUT2D eigenvalue weighted by molar-refractivity contribution is 0.0696. The first-order valence-corrected chi connectivity index (χ1v) is 9.92. The minimum Gasteiger partial charge on any atom is -0.478 e. The first kappa shape index (κ1) is 20.3.